The molecule has 0 saturated carbocycles. The van der Waals surface area contributed by atoms with E-state index in [0.717, 1.165) is 62.3 Å². The summed E-state index contributed by atoms with van der Waals surface area (Å²) in [4.78, 5) is 17.8. The molecule has 3 N–H and O–H groups in total. The Balaban J connectivity index is 1.73. The molecule has 3 rings (SSSR count). The van der Waals surface area contributed by atoms with E-state index in [4.69, 9.17) is 0 Å². The molecule has 27 heavy (non-hydrogen) atoms. The SMILES string of the molecule is Cc1cccc(C)c1NC(=O)C1(N(C)C)CCN(C2CNCCC2O)CC1. The van der Waals surface area contributed by atoms with E-state index in [2.05, 4.69) is 20.4 Å². The number of carbonyl (C=O) groups is 1. The van der Waals surface area contributed by atoms with Crippen molar-refractivity contribution in [3.05, 3.63) is 29.3 Å². The average molecular weight is 375 g/mol. The van der Waals surface area contributed by atoms with Crippen LogP contribution in [0.25, 0.3) is 0 Å². The number of anilines is 1. The van der Waals surface area contributed by atoms with Gasteiger partial charge in [0.15, 0.2) is 0 Å². The summed E-state index contributed by atoms with van der Waals surface area (Å²) in [6.45, 7) is 7.41. The van der Waals surface area contributed by atoms with Gasteiger partial charge < -0.3 is 15.7 Å². The Bertz CT molecular complexity index is 648. The van der Waals surface area contributed by atoms with Crippen molar-refractivity contribution >= 4 is 11.6 Å². The van der Waals surface area contributed by atoms with Gasteiger partial charge in [0, 0.05) is 31.4 Å². The van der Waals surface area contributed by atoms with Gasteiger partial charge in [0.25, 0.3) is 0 Å². The largest absolute Gasteiger partial charge is 0.391 e. The van der Waals surface area contributed by atoms with Crippen molar-refractivity contribution in [2.24, 2.45) is 0 Å². The highest BCUT2D eigenvalue weighted by Crippen LogP contribution is 2.31. The van der Waals surface area contributed by atoms with E-state index >= 15 is 0 Å². The number of nitrogens with one attached hydrogen (secondary N) is 2. The first-order valence-corrected chi connectivity index (χ1v) is 10.0. The van der Waals surface area contributed by atoms with Crippen LogP contribution in [0.1, 0.15) is 30.4 Å². The van der Waals surface area contributed by atoms with E-state index in [1.165, 1.54) is 0 Å². The molecule has 2 heterocycles. The van der Waals surface area contributed by atoms with E-state index < -0.39 is 5.54 Å². The minimum absolute atomic E-state index is 0.0758. The van der Waals surface area contributed by atoms with Gasteiger partial charge in [0.05, 0.1) is 6.10 Å². The van der Waals surface area contributed by atoms with E-state index in [0.29, 0.717) is 0 Å². The lowest BCUT2D eigenvalue weighted by atomic mass is 9.83. The topological polar surface area (TPSA) is 67.8 Å². The molecule has 0 aliphatic carbocycles. The normalized spacial score (nSPS) is 26.1. The quantitative estimate of drug-likeness (QED) is 0.743. The number of hydrogen-bond acceptors (Lipinski definition) is 5. The van der Waals surface area contributed by atoms with Crippen molar-refractivity contribution in [3.8, 4) is 0 Å². The number of likely N-dealkylation sites (tertiary alicyclic amines) is 1. The molecule has 6 heteroatoms. The highest BCUT2D eigenvalue weighted by molar-refractivity contribution is 5.99. The van der Waals surface area contributed by atoms with Gasteiger partial charge in [0.2, 0.25) is 5.91 Å². The zero-order valence-electron chi connectivity index (χ0n) is 17.1. The smallest absolute Gasteiger partial charge is 0.244 e. The highest BCUT2D eigenvalue weighted by atomic mass is 16.3. The summed E-state index contributed by atoms with van der Waals surface area (Å²) in [6.07, 6.45) is 2.05. The van der Waals surface area contributed by atoms with Crippen LogP contribution in [0.3, 0.4) is 0 Å². The number of piperidine rings is 2. The Hall–Kier alpha value is -1.47. The summed E-state index contributed by atoms with van der Waals surface area (Å²) in [6, 6.07) is 6.24. The lowest BCUT2D eigenvalue weighted by molar-refractivity contribution is -0.130. The van der Waals surface area contributed by atoms with Crippen molar-refractivity contribution in [1.29, 1.82) is 0 Å². The van der Waals surface area contributed by atoms with Crippen LogP contribution in [0.2, 0.25) is 0 Å². The predicted octanol–water partition coefficient (Wildman–Crippen LogP) is 1.36. The molecule has 1 aromatic carbocycles. The second-order valence-electron chi connectivity index (χ2n) is 8.31. The molecule has 1 amide bonds. The van der Waals surface area contributed by atoms with Crippen LogP contribution in [-0.4, -0.2) is 78.8 Å². The van der Waals surface area contributed by atoms with Crippen LogP contribution in [0.4, 0.5) is 5.69 Å². The molecule has 150 valence electrons. The van der Waals surface area contributed by atoms with Gasteiger partial charge in [-0.15, -0.1) is 0 Å². The molecule has 2 atom stereocenters. The summed E-state index contributed by atoms with van der Waals surface area (Å²) in [5, 5.41) is 16.9. The van der Waals surface area contributed by atoms with Gasteiger partial charge in [-0.25, -0.2) is 0 Å². The number of nitrogens with zero attached hydrogens (tertiary/aromatic N) is 2. The number of aryl methyl sites for hydroxylation is 2. The number of aliphatic hydroxyl groups excluding tert-OH is 1. The molecular weight excluding hydrogens is 340 g/mol. The Morgan fingerprint density at radius 2 is 1.89 bits per heavy atom. The summed E-state index contributed by atoms with van der Waals surface area (Å²) >= 11 is 0. The first kappa shape index (κ1) is 20.3. The van der Waals surface area contributed by atoms with E-state index in [9.17, 15) is 9.90 Å². The lowest BCUT2D eigenvalue weighted by Crippen LogP contribution is -2.63. The molecule has 2 aliphatic rings. The number of likely N-dealkylation sites (N-methyl/N-ethyl adjacent to an activating group) is 1. The maximum atomic E-state index is 13.3. The number of aliphatic hydroxyl groups is 1. The first-order chi connectivity index (χ1) is 12.8. The monoisotopic (exact) mass is 374 g/mol. The molecule has 0 spiro atoms. The Morgan fingerprint density at radius 3 is 2.44 bits per heavy atom. The second kappa shape index (κ2) is 8.27. The fourth-order valence-corrected chi connectivity index (χ4v) is 4.55. The van der Waals surface area contributed by atoms with E-state index in [1.54, 1.807) is 0 Å². The molecular formula is C21H34N4O2. The number of amides is 1. The van der Waals surface area contributed by atoms with Crippen molar-refractivity contribution in [1.82, 2.24) is 15.1 Å². The summed E-state index contributed by atoms with van der Waals surface area (Å²) in [5.74, 6) is 0.0758. The third-order valence-electron chi connectivity index (χ3n) is 6.51. The van der Waals surface area contributed by atoms with Crippen LogP contribution >= 0.6 is 0 Å². The molecule has 2 aliphatic heterocycles. The summed E-state index contributed by atoms with van der Waals surface area (Å²) in [5.41, 5.74) is 2.59. The number of rotatable bonds is 4. The van der Waals surface area contributed by atoms with Crippen molar-refractivity contribution in [2.45, 2.75) is 50.8 Å². The van der Waals surface area contributed by atoms with Crippen LogP contribution in [0.5, 0.6) is 0 Å². The molecule has 6 nitrogen and oxygen atoms in total. The summed E-state index contributed by atoms with van der Waals surface area (Å²) in [7, 11) is 3.99. The number of benzene rings is 1. The predicted molar refractivity (Wildman–Crippen MR) is 109 cm³/mol. The average Bonchev–Trinajstić information content (AvgIpc) is 2.65. The second-order valence-corrected chi connectivity index (χ2v) is 8.31. The zero-order valence-corrected chi connectivity index (χ0v) is 17.1. The third-order valence-corrected chi connectivity index (χ3v) is 6.51. The number of hydrogen-bond donors (Lipinski definition) is 3. The molecule has 0 radical (unpaired) electrons. The molecule has 2 fully saturated rings. The Labute approximate surface area is 162 Å². The molecule has 2 saturated heterocycles. The molecule has 0 bridgehead atoms. The highest BCUT2D eigenvalue weighted by Gasteiger charge is 2.45. The van der Waals surface area contributed by atoms with Gasteiger partial charge in [0.1, 0.15) is 5.54 Å². The Kier molecular flexibility index (Phi) is 6.21. The van der Waals surface area contributed by atoms with Gasteiger partial charge in [-0.2, -0.15) is 0 Å². The minimum Gasteiger partial charge on any atom is -0.391 e. The van der Waals surface area contributed by atoms with Gasteiger partial charge in [-0.3, -0.25) is 14.6 Å². The first-order valence-electron chi connectivity index (χ1n) is 10.0. The fraction of sp³-hybridized carbons (Fsp3) is 0.667. The summed E-state index contributed by atoms with van der Waals surface area (Å²) < 4.78 is 0. The fourth-order valence-electron chi connectivity index (χ4n) is 4.55. The number of carbonyl (C=O) groups excluding carboxylic acids is 1. The maximum Gasteiger partial charge on any atom is 0.244 e. The minimum atomic E-state index is -0.516. The van der Waals surface area contributed by atoms with Gasteiger partial charge in [-0.05, 0) is 64.9 Å². The van der Waals surface area contributed by atoms with Gasteiger partial charge >= 0.3 is 0 Å². The van der Waals surface area contributed by atoms with Crippen molar-refractivity contribution in [3.63, 3.8) is 0 Å². The van der Waals surface area contributed by atoms with Crippen LogP contribution in [-0.2, 0) is 4.79 Å². The Morgan fingerprint density at radius 1 is 1.26 bits per heavy atom. The van der Waals surface area contributed by atoms with Gasteiger partial charge in [-0.1, -0.05) is 18.2 Å². The van der Waals surface area contributed by atoms with E-state index in [-0.39, 0.29) is 18.1 Å². The molecule has 1 aromatic rings. The standard InChI is InChI=1S/C21H34N4O2/c1-15-6-5-7-16(2)19(15)23-20(27)21(24(3)4)9-12-25(13-10-21)17-14-22-11-8-18(17)26/h5-7,17-18,22,26H,8-14H2,1-4H3,(H,23,27). The maximum absolute atomic E-state index is 13.3. The van der Waals surface area contributed by atoms with Crippen LogP contribution < -0.4 is 10.6 Å². The van der Waals surface area contributed by atoms with E-state index in [1.807, 2.05) is 46.1 Å². The number of para-hydroxylation sites is 1. The van der Waals surface area contributed by atoms with Crippen LogP contribution in [0.15, 0.2) is 18.2 Å². The van der Waals surface area contributed by atoms with Crippen LogP contribution in [0, 0.1) is 13.8 Å². The van der Waals surface area contributed by atoms with Crippen molar-refractivity contribution in [2.75, 3.05) is 45.6 Å². The van der Waals surface area contributed by atoms with Crippen molar-refractivity contribution < 1.29 is 9.90 Å². The zero-order chi connectivity index (χ0) is 19.6. The lowest BCUT2D eigenvalue weighted by Gasteiger charge is -2.48. The molecule has 2 unspecified atom stereocenters. The molecule has 0 aromatic heterocycles. The third kappa shape index (κ3) is 4.04.